The lowest BCUT2D eigenvalue weighted by Crippen LogP contribution is -2.39. The Morgan fingerprint density at radius 1 is 1.18 bits per heavy atom. The number of hydrogen-bond donors (Lipinski definition) is 1. The molecule has 0 saturated carbocycles. The van der Waals surface area contributed by atoms with Gasteiger partial charge in [-0.2, -0.15) is 0 Å². The van der Waals surface area contributed by atoms with Gasteiger partial charge in [0.15, 0.2) is 0 Å². The topological polar surface area (TPSA) is 61.9 Å². The fourth-order valence-corrected chi connectivity index (χ4v) is 4.70. The van der Waals surface area contributed by atoms with E-state index in [2.05, 4.69) is 51.4 Å². The molecular formula is C22H20N4OS. The molecule has 5 rings (SSSR count). The van der Waals surface area contributed by atoms with Gasteiger partial charge in [-0.1, -0.05) is 18.2 Å². The summed E-state index contributed by atoms with van der Waals surface area (Å²) in [6, 6.07) is 12.5. The number of likely N-dealkylation sites (tertiary alicyclic amines) is 1. The van der Waals surface area contributed by atoms with Crippen molar-refractivity contribution < 1.29 is 4.79 Å². The predicted octanol–water partition coefficient (Wildman–Crippen LogP) is 4.71. The van der Waals surface area contributed by atoms with Crippen molar-refractivity contribution in [3.05, 3.63) is 71.1 Å². The van der Waals surface area contributed by atoms with Crippen molar-refractivity contribution in [3.8, 4) is 11.1 Å². The molecule has 6 heteroatoms. The number of nitrogens with one attached hydrogen (secondary N) is 1. The van der Waals surface area contributed by atoms with Gasteiger partial charge < -0.3 is 9.88 Å². The third kappa shape index (κ3) is 2.99. The molecule has 3 aromatic heterocycles. The van der Waals surface area contributed by atoms with Gasteiger partial charge in [0.25, 0.3) is 5.91 Å². The summed E-state index contributed by atoms with van der Waals surface area (Å²) in [5.41, 5.74) is 7.00. The number of carbonyl (C=O) groups excluding carboxylic acids is 1. The second kappa shape index (κ2) is 7.20. The van der Waals surface area contributed by atoms with E-state index in [1.807, 2.05) is 22.7 Å². The second-order valence-electron chi connectivity index (χ2n) is 7.16. The Labute approximate surface area is 167 Å². The molecule has 1 atom stereocenters. The molecule has 4 heterocycles. The molecule has 1 aliphatic heterocycles. The number of thiazole rings is 1. The molecule has 0 aliphatic carbocycles. The van der Waals surface area contributed by atoms with Crippen LogP contribution < -0.4 is 0 Å². The molecule has 1 aliphatic rings. The van der Waals surface area contributed by atoms with Crippen LogP contribution in [-0.2, 0) is 0 Å². The first-order valence-corrected chi connectivity index (χ1v) is 10.4. The number of aromatic amines is 1. The van der Waals surface area contributed by atoms with Gasteiger partial charge >= 0.3 is 0 Å². The smallest absolute Gasteiger partial charge is 0.273 e. The highest BCUT2D eigenvalue weighted by Gasteiger charge is 2.29. The molecule has 1 amide bonds. The minimum atomic E-state index is 0.0347. The van der Waals surface area contributed by atoms with E-state index in [0.717, 1.165) is 30.5 Å². The average molecular weight is 388 g/mol. The zero-order chi connectivity index (χ0) is 18.9. The first-order valence-electron chi connectivity index (χ1n) is 9.50. The minimum Gasteiger partial charge on any atom is -0.358 e. The predicted molar refractivity (Wildman–Crippen MR) is 112 cm³/mol. The highest BCUT2D eigenvalue weighted by atomic mass is 32.1. The number of benzene rings is 1. The largest absolute Gasteiger partial charge is 0.358 e. The Morgan fingerprint density at radius 2 is 2.04 bits per heavy atom. The molecule has 0 unspecified atom stereocenters. The fraction of sp³-hybridized carbons (Fsp3) is 0.227. The van der Waals surface area contributed by atoms with Crippen molar-refractivity contribution in [3.63, 3.8) is 0 Å². The van der Waals surface area contributed by atoms with Crippen LogP contribution in [0.1, 0.15) is 34.9 Å². The van der Waals surface area contributed by atoms with Crippen molar-refractivity contribution in [1.82, 2.24) is 19.9 Å². The SMILES string of the molecule is O=C(c1cscn1)N1CCC[C@@H](c2[nH]c3ccccc3c2-c2ccncc2)C1. The van der Waals surface area contributed by atoms with Crippen LogP contribution in [0.4, 0.5) is 0 Å². The maximum atomic E-state index is 12.8. The molecule has 4 aromatic rings. The summed E-state index contributed by atoms with van der Waals surface area (Å²) >= 11 is 1.46. The van der Waals surface area contributed by atoms with E-state index in [4.69, 9.17) is 0 Å². The molecular weight excluding hydrogens is 368 g/mol. The number of piperidine rings is 1. The Balaban J connectivity index is 1.55. The number of carbonyl (C=O) groups is 1. The zero-order valence-corrected chi connectivity index (χ0v) is 16.2. The van der Waals surface area contributed by atoms with Gasteiger partial charge in [-0.3, -0.25) is 9.78 Å². The molecule has 0 bridgehead atoms. The van der Waals surface area contributed by atoms with Crippen LogP contribution >= 0.6 is 11.3 Å². The van der Waals surface area contributed by atoms with Crippen molar-refractivity contribution in [2.45, 2.75) is 18.8 Å². The number of pyridine rings is 1. The van der Waals surface area contributed by atoms with E-state index in [9.17, 15) is 4.79 Å². The Morgan fingerprint density at radius 3 is 2.86 bits per heavy atom. The molecule has 1 aromatic carbocycles. The number of fused-ring (bicyclic) bond motifs is 1. The van der Waals surface area contributed by atoms with E-state index >= 15 is 0 Å². The average Bonchev–Trinajstić information content (AvgIpc) is 3.42. The normalized spacial score (nSPS) is 17.1. The van der Waals surface area contributed by atoms with Gasteiger partial charge in [0.05, 0.1) is 5.51 Å². The lowest BCUT2D eigenvalue weighted by Gasteiger charge is -2.32. The second-order valence-corrected chi connectivity index (χ2v) is 7.88. The van der Waals surface area contributed by atoms with Crippen LogP contribution in [-0.4, -0.2) is 38.8 Å². The minimum absolute atomic E-state index is 0.0347. The van der Waals surface area contributed by atoms with Crippen LogP contribution in [0.5, 0.6) is 0 Å². The van der Waals surface area contributed by atoms with Crippen LogP contribution in [0.25, 0.3) is 22.0 Å². The molecule has 1 fully saturated rings. The van der Waals surface area contributed by atoms with Crippen LogP contribution in [0.15, 0.2) is 59.7 Å². The van der Waals surface area contributed by atoms with Crippen LogP contribution in [0.3, 0.4) is 0 Å². The van der Waals surface area contributed by atoms with Gasteiger partial charge in [0.2, 0.25) is 0 Å². The first-order chi connectivity index (χ1) is 13.8. The Bertz CT molecular complexity index is 1100. The molecule has 5 nitrogen and oxygen atoms in total. The number of amides is 1. The van der Waals surface area contributed by atoms with E-state index in [-0.39, 0.29) is 11.8 Å². The van der Waals surface area contributed by atoms with Crippen LogP contribution in [0, 0.1) is 0 Å². The number of H-pyrrole nitrogens is 1. The molecule has 1 N–H and O–H groups in total. The van der Waals surface area contributed by atoms with Crippen molar-refractivity contribution in [1.29, 1.82) is 0 Å². The van der Waals surface area contributed by atoms with E-state index < -0.39 is 0 Å². The molecule has 140 valence electrons. The maximum Gasteiger partial charge on any atom is 0.273 e. The number of aromatic nitrogens is 3. The standard InChI is InChI=1S/C22H20N4OS/c27-22(19-13-28-14-24-19)26-11-3-4-16(12-26)21-20(15-7-9-23-10-8-15)17-5-1-2-6-18(17)25-21/h1-2,5-10,13-14,16,25H,3-4,11-12H2/t16-/m1/s1. The van der Waals surface area contributed by atoms with E-state index in [1.165, 1.54) is 28.0 Å². The number of hydrogen-bond acceptors (Lipinski definition) is 4. The molecule has 28 heavy (non-hydrogen) atoms. The van der Waals surface area contributed by atoms with E-state index in [1.54, 1.807) is 5.51 Å². The zero-order valence-electron chi connectivity index (χ0n) is 15.3. The Hall–Kier alpha value is -2.99. The third-order valence-corrected chi connectivity index (χ3v) is 6.06. The van der Waals surface area contributed by atoms with Gasteiger partial charge in [-0.05, 0) is 36.6 Å². The number of rotatable bonds is 3. The first kappa shape index (κ1) is 17.1. The fourth-order valence-electron chi connectivity index (χ4n) is 4.18. The van der Waals surface area contributed by atoms with Gasteiger partial charge in [0.1, 0.15) is 5.69 Å². The summed E-state index contributed by atoms with van der Waals surface area (Å²) in [5, 5.41) is 3.05. The summed E-state index contributed by atoms with van der Waals surface area (Å²) in [4.78, 5) is 26.8. The van der Waals surface area contributed by atoms with Crippen LogP contribution in [0.2, 0.25) is 0 Å². The summed E-state index contributed by atoms with van der Waals surface area (Å²) in [5.74, 6) is 0.305. The summed E-state index contributed by atoms with van der Waals surface area (Å²) in [6.07, 6.45) is 5.72. The third-order valence-electron chi connectivity index (χ3n) is 5.47. The highest BCUT2D eigenvalue weighted by molar-refractivity contribution is 7.07. The lowest BCUT2D eigenvalue weighted by molar-refractivity contribution is 0.0701. The maximum absolute atomic E-state index is 12.8. The monoisotopic (exact) mass is 388 g/mol. The van der Waals surface area contributed by atoms with Crippen molar-refractivity contribution in [2.75, 3.05) is 13.1 Å². The quantitative estimate of drug-likeness (QED) is 0.553. The van der Waals surface area contributed by atoms with Gasteiger partial charge in [0, 0.05) is 58.9 Å². The highest BCUT2D eigenvalue weighted by Crippen LogP contribution is 2.39. The van der Waals surface area contributed by atoms with Crippen molar-refractivity contribution in [2.24, 2.45) is 0 Å². The summed E-state index contributed by atoms with van der Waals surface area (Å²) in [6.45, 7) is 1.50. The molecule has 0 radical (unpaired) electrons. The van der Waals surface area contributed by atoms with Crippen molar-refractivity contribution >= 4 is 28.1 Å². The summed E-state index contributed by atoms with van der Waals surface area (Å²) in [7, 11) is 0. The summed E-state index contributed by atoms with van der Waals surface area (Å²) < 4.78 is 0. The number of nitrogens with zero attached hydrogens (tertiary/aromatic N) is 3. The molecule has 1 saturated heterocycles. The Kier molecular flexibility index (Phi) is 4.41. The lowest BCUT2D eigenvalue weighted by atomic mass is 9.89. The number of para-hydroxylation sites is 1. The van der Waals surface area contributed by atoms with E-state index in [0.29, 0.717) is 12.2 Å². The van der Waals surface area contributed by atoms with Gasteiger partial charge in [-0.15, -0.1) is 11.3 Å². The van der Waals surface area contributed by atoms with Gasteiger partial charge in [-0.25, -0.2) is 4.98 Å². The molecule has 0 spiro atoms.